The molecule has 15 heavy (non-hydrogen) atoms. The third kappa shape index (κ3) is 4.41. The van der Waals surface area contributed by atoms with Crippen LogP contribution < -0.4 is 5.73 Å². The van der Waals surface area contributed by atoms with Crippen LogP contribution in [0.25, 0.3) is 0 Å². The Morgan fingerprint density at radius 2 is 1.67 bits per heavy atom. The van der Waals surface area contributed by atoms with Crippen molar-refractivity contribution in [1.82, 2.24) is 0 Å². The second-order valence-corrected chi connectivity index (χ2v) is 5.12. The molecule has 0 heterocycles. The van der Waals surface area contributed by atoms with Gasteiger partial charge in [0.15, 0.2) is 0 Å². The molecular formula is C14H23N. The predicted molar refractivity (Wildman–Crippen MR) is 67.1 cm³/mol. The van der Waals surface area contributed by atoms with Gasteiger partial charge in [0.2, 0.25) is 0 Å². The lowest BCUT2D eigenvalue weighted by Crippen LogP contribution is -2.31. The summed E-state index contributed by atoms with van der Waals surface area (Å²) in [5, 5.41) is 0. The molecule has 0 rings (SSSR count). The lowest BCUT2D eigenvalue weighted by Gasteiger charge is -2.33. The van der Waals surface area contributed by atoms with E-state index >= 15 is 0 Å². The number of hydrogen-bond donors (Lipinski definition) is 1. The van der Waals surface area contributed by atoms with Crippen molar-refractivity contribution >= 4 is 0 Å². The number of hydrogen-bond acceptors (Lipinski definition) is 1. The minimum atomic E-state index is -0.189. The first-order valence-electron chi connectivity index (χ1n) is 5.52. The fourth-order valence-electron chi connectivity index (χ4n) is 2.03. The Hall–Kier alpha value is -0.920. The summed E-state index contributed by atoms with van der Waals surface area (Å²) in [7, 11) is 0. The Kier molecular flexibility index (Phi) is 4.92. The Labute approximate surface area is 94.8 Å². The second kappa shape index (κ2) is 5.24. The predicted octanol–water partition coefficient (Wildman–Crippen LogP) is 2.80. The van der Waals surface area contributed by atoms with Gasteiger partial charge in [0.05, 0.1) is 0 Å². The molecule has 0 saturated carbocycles. The summed E-state index contributed by atoms with van der Waals surface area (Å²) in [4.78, 5) is 0. The molecule has 84 valence electrons. The maximum Gasteiger partial charge on any atom is 0.0312 e. The molecule has 0 radical (unpaired) electrons. The van der Waals surface area contributed by atoms with Gasteiger partial charge in [-0.3, -0.25) is 0 Å². The van der Waals surface area contributed by atoms with Crippen molar-refractivity contribution in [3.8, 4) is 24.7 Å². The van der Waals surface area contributed by atoms with Crippen LogP contribution in [-0.4, -0.2) is 6.04 Å². The van der Waals surface area contributed by atoms with E-state index in [1.54, 1.807) is 0 Å². The first-order valence-corrected chi connectivity index (χ1v) is 5.52. The van der Waals surface area contributed by atoms with Gasteiger partial charge in [-0.2, -0.15) is 0 Å². The Bertz CT molecular complexity index is 279. The molecule has 0 aliphatic carbocycles. The van der Waals surface area contributed by atoms with Crippen LogP contribution in [0.1, 0.15) is 47.0 Å². The summed E-state index contributed by atoms with van der Waals surface area (Å²) >= 11 is 0. The maximum absolute atomic E-state index is 5.81. The molecule has 2 N–H and O–H groups in total. The van der Waals surface area contributed by atoms with Crippen molar-refractivity contribution < 1.29 is 0 Å². The molecule has 1 heteroatoms. The lowest BCUT2D eigenvalue weighted by atomic mass is 9.70. The zero-order valence-corrected chi connectivity index (χ0v) is 10.4. The minimum absolute atomic E-state index is 0.115. The van der Waals surface area contributed by atoms with E-state index in [0.29, 0.717) is 0 Å². The highest BCUT2D eigenvalue weighted by Crippen LogP contribution is 2.38. The van der Waals surface area contributed by atoms with Crippen LogP contribution in [0.2, 0.25) is 0 Å². The van der Waals surface area contributed by atoms with Crippen LogP contribution in [0.3, 0.4) is 0 Å². The van der Waals surface area contributed by atoms with Crippen molar-refractivity contribution in [3.05, 3.63) is 0 Å². The van der Waals surface area contributed by atoms with Crippen molar-refractivity contribution in [2.24, 2.45) is 16.6 Å². The molecule has 0 bridgehead atoms. The highest BCUT2D eigenvalue weighted by atomic mass is 14.6. The number of terminal acetylenes is 2. The molecule has 3 atom stereocenters. The first-order chi connectivity index (χ1) is 6.81. The van der Waals surface area contributed by atoms with E-state index in [1.165, 1.54) is 0 Å². The first kappa shape index (κ1) is 14.1. The highest BCUT2D eigenvalue weighted by molar-refractivity contribution is 5.12. The molecule has 0 aromatic carbocycles. The van der Waals surface area contributed by atoms with Gasteiger partial charge in [0.1, 0.15) is 0 Å². The standard InChI is InChI=1S/C14H23N/c1-7-13(5,8-2)11-14(6,9-3)10-12(4)15/h1,3,12H,8,10-11,15H2,2,4-6H3. The summed E-state index contributed by atoms with van der Waals surface area (Å²) in [6.45, 7) is 8.24. The van der Waals surface area contributed by atoms with E-state index in [4.69, 9.17) is 18.6 Å². The average molecular weight is 205 g/mol. The average Bonchev–Trinajstić information content (AvgIpc) is 2.16. The smallest absolute Gasteiger partial charge is 0.0312 e. The Morgan fingerprint density at radius 1 is 1.20 bits per heavy atom. The minimum Gasteiger partial charge on any atom is -0.328 e. The monoisotopic (exact) mass is 205 g/mol. The van der Waals surface area contributed by atoms with Gasteiger partial charge in [0, 0.05) is 16.9 Å². The third-order valence-electron chi connectivity index (χ3n) is 3.03. The third-order valence-corrected chi connectivity index (χ3v) is 3.03. The number of nitrogens with two attached hydrogens (primary N) is 1. The zero-order chi connectivity index (χ0) is 12.1. The van der Waals surface area contributed by atoms with Gasteiger partial charge in [-0.05, 0) is 40.0 Å². The van der Waals surface area contributed by atoms with Gasteiger partial charge in [-0.25, -0.2) is 0 Å². The summed E-state index contributed by atoms with van der Waals surface area (Å²) < 4.78 is 0. The molecule has 0 amide bonds. The fraction of sp³-hybridized carbons (Fsp3) is 0.714. The molecule has 0 spiro atoms. The van der Waals surface area contributed by atoms with Crippen molar-refractivity contribution in [2.45, 2.75) is 53.0 Å². The summed E-state index contributed by atoms with van der Waals surface area (Å²) in [6, 6.07) is 0.116. The van der Waals surface area contributed by atoms with Crippen LogP contribution in [-0.2, 0) is 0 Å². The molecule has 3 unspecified atom stereocenters. The maximum atomic E-state index is 5.81. The lowest BCUT2D eigenvalue weighted by molar-refractivity contribution is 0.242. The molecule has 1 nitrogen and oxygen atoms in total. The quantitative estimate of drug-likeness (QED) is 0.686. The van der Waals surface area contributed by atoms with E-state index in [2.05, 4.69) is 32.6 Å². The molecule has 0 fully saturated rings. The fourth-order valence-corrected chi connectivity index (χ4v) is 2.03. The summed E-state index contributed by atoms with van der Waals surface area (Å²) in [6.07, 6.45) is 13.8. The molecule has 0 aliphatic rings. The second-order valence-electron chi connectivity index (χ2n) is 5.12. The van der Waals surface area contributed by atoms with E-state index in [1.807, 2.05) is 6.92 Å². The van der Waals surface area contributed by atoms with E-state index in [-0.39, 0.29) is 16.9 Å². The highest BCUT2D eigenvalue weighted by Gasteiger charge is 2.32. The van der Waals surface area contributed by atoms with Gasteiger partial charge in [-0.1, -0.05) is 6.92 Å². The van der Waals surface area contributed by atoms with E-state index in [0.717, 1.165) is 19.3 Å². The van der Waals surface area contributed by atoms with Gasteiger partial charge >= 0.3 is 0 Å². The van der Waals surface area contributed by atoms with Crippen LogP contribution >= 0.6 is 0 Å². The summed E-state index contributed by atoms with van der Waals surface area (Å²) in [5.41, 5.74) is 5.50. The molecule has 0 aromatic rings. The van der Waals surface area contributed by atoms with Crippen LogP contribution in [0.5, 0.6) is 0 Å². The van der Waals surface area contributed by atoms with Crippen LogP contribution in [0, 0.1) is 35.5 Å². The van der Waals surface area contributed by atoms with Crippen molar-refractivity contribution in [2.75, 3.05) is 0 Å². The zero-order valence-electron chi connectivity index (χ0n) is 10.4. The summed E-state index contributed by atoms with van der Waals surface area (Å²) in [5.74, 6) is 5.71. The van der Waals surface area contributed by atoms with Crippen molar-refractivity contribution in [1.29, 1.82) is 0 Å². The van der Waals surface area contributed by atoms with Gasteiger partial charge in [-0.15, -0.1) is 24.7 Å². The molecule has 0 saturated heterocycles. The number of rotatable bonds is 5. The SMILES string of the molecule is C#CC(C)(CC)CC(C)(C#C)CC(C)N. The van der Waals surface area contributed by atoms with Gasteiger partial charge in [0.25, 0.3) is 0 Å². The Balaban J connectivity index is 4.73. The normalized spacial score (nSPS) is 20.5. The van der Waals surface area contributed by atoms with E-state index < -0.39 is 0 Å². The van der Waals surface area contributed by atoms with Crippen LogP contribution in [0.15, 0.2) is 0 Å². The van der Waals surface area contributed by atoms with Gasteiger partial charge < -0.3 is 5.73 Å². The Morgan fingerprint density at radius 3 is 1.93 bits per heavy atom. The van der Waals surface area contributed by atoms with Crippen molar-refractivity contribution in [3.63, 3.8) is 0 Å². The molecule has 0 aromatic heterocycles. The largest absolute Gasteiger partial charge is 0.328 e. The molecular weight excluding hydrogens is 182 g/mol. The molecule has 0 aliphatic heterocycles. The van der Waals surface area contributed by atoms with E-state index in [9.17, 15) is 0 Å². The van der Waals surface area contributed by atoms with Crippen LogP contribution in [0.4, 0.5) is 0 Å². The topological polar surface area (TPSA) is 26.0 Å².